The first-order valence-corrected chi connectivity index (χ1v) is 8.68. The van der Waals surface area contributed by atoms with Crippen LogP contribution in [-0.2, 0) is 9.53 Å². The van der Waals surface area contributed by atoms with Gasteiger partial charge in [-0.15, -0.1) is 0 Å². The predicted molar refractivity (Wildman–Crippen MR) is 106 cm³/mol. The van der Waals surface area contributed by atoms with Gasteiger partial charge in [0.15, 0.2) is 5.76 Å². The van der Waals surface area contributed by atoms with Gasteiger partial charge in [0.2, 0.25) is 0 Å². The average molecular weight is 407 g/mol. The van der Waals surface area contributed by atoms with Gasteiger partial charge in [0.1, 0.15) is 5.75 Å². The fourth-order valence-corrected chi connectivity index (χ4v) is 2.61. The van der Waals surface area contributed by atoms with E-state index in [1.54, 1.807) is 6.07 Å². The Bertz CT molecular complexity index is 1020. The van der Waals surface area contributed by atoms with Crippen LogP contribution in [0.5, 0.6) is 5.75 Å². The minimum absolute atomic E-state index is 0.234. The highest BCUT2D eigenvalue weighted by atomic mass is 79.9. The fraction of sp³-hybridized carbons (Fsp3) is 0.0455. The molecule has 0 amide bonds. The third kappa shape index (κ3) is 4.53. The molecule has 0 atom stereocenters. The van der Waals surface area contributed by atoms with Gasteiger partial charge in [-0.25, -0.2) is 4.79 Å². The molecular formula is C22H15BrO3. The molecule has 0 radical (unpaired) electrons. The zero-order valence-electron chi connectivity index (χ0n) is 14.0. The van der Waals surface area contributed by atoms with Crippen LogP contribution in [0.3, 0.4) is 0 Å². The van der Waals surface area contributed by atoms with Crippen molar-refractivity contribution in [3.63, 3.8) is 0 Å². The summed E-state index contributed by atoms with van der Waals surface area (Å²) >= 11 is 3.38. The fourth-order valence-electron chi connectivity index (χ4n) is 2.34. The molecule has 0 fully saturated rings. The maximum atomic E-state index is 12.2. The lowest BCUT2D eigenvalue weighted by atomic mass is 10.1. The quantitative estimate of drug-likeness (QED) is 0.200. The Morgan fingerprint density at radius 3 is 2.50 bits per heavy atom. The number of ether oxygens (including phenoxy) is 2. The van der Waals surface area contributed by atoms with Gasteiger partial charge in [-0.2, -0.15) is 0 Å². The lowest BCUT2D eigenvalue weighted by Crippen LogP contribution is -2.06. The summed E-state index contributed by atoms with van der Waals surface area (Å²) in [6.07, 6.45) is 1.24. The Morgan fingerprint density at radius 2 is 1.73 bits per heavy atom. The molecule has 0 aliphatic rings. The van der Waals surface area contributed by atoms with Crippen molar-refractivity contribution in [3.8, 4) is 17.6 Å². The van der Waals surface area contributed by atoms with E-state index in [1.807, 2.05) is 60.7 Å². The summed E-state index contributed by atoms with van der Waals surface area (Å²) in [5.41, 5.74) is 0.818. The van der Waals surface area contributed by atoms with Gasteiger partial charge in [0.05, 0.1) is 13.2 Å². The molecule has 3 aromatic rings. The molecule has 0 aliphatic heterocycles. The summed E-state index contributed by atoms with van der Waals surface area (Å²) < 4.78 is 11.6. The Balaban J connectivity index is 1.79. The van der Waals surface area contributed by atoms with Gasteiger partial charge in [0, 0.05) is 15.4 Å². The van der Waals surface area contributed by atoms with Crippen LogP contribution in [0.2, 0.25) is 0 Å². The number of esters is 1. The van der Waals surface area contributed by atoms with E-state index in [0.29, 0.717) is 5.75 Å². The number of fused-ring (bicyclic) bond motifs is 1. The molecular weight excluding hydrogens is 392 g/mol. The third-order valence-corrected chi connectivity index (χ3v) is 4.13. The van der Waals surface area contributed by atoms with E-state index < -0.39 is 5.97 Å². The molecule has 4 heteroatoms. The SMILES string of the molecule is CO/C(C#Cc1ccc(Br)cc1)=C\C(=O)Oc1cccc2ccccc12. The molecule has 128 valence electrons. The standard InChI is InChI=1S/C22H15BrO3/c1-25-19(14-11-16-9-12-18(23)13-10-16)15-22(24)26-21-8-4-6-17-5-2-3-7-20(17)21/h2-10,12-13,15H,1H3/b19-15-. The molecule has 0 saturated carbocycles. The van der Waals surface area contributed by atoms with Crippen molar-refractivity contribution in [1.82, 2.24) is 0 Å². The number of rotatable bonds is 3. The van der Waals surface area contributed by atoms with Crippen LogP contribution >= 0.6 is 15.9 Å². The molecule has 3 aromatic carbocycles. The number of halogens is 1. The number of benzene rings is 3. The number of hydrogen-bond acceptors (Lipinski definition) is 3. The van der Waals surface area contributed by atoms with Crippen molar-refractivity contribution in [3.05, 3.63) is 88.6 Å². The third-order valence-electron chi connectivity index (χ3n) is 3.60. The molecule has 0 aromatic heterocycles. The Kier molecular flexibility index (Phi) is 5.73. The first-order chi connectivity index (χ1) is 12.7. The van der Waals surface area contributed by atoms with Gasteiger partial charge in [-0.05, 0) is 41.6 Å². The molecule has 0 aliphatic carbocycles. The van der Waals surface area contributed by atoms with E-state index in [0.717, 1.165) is 20.8 Å². The van der Waals surface area contributed by atoms with Crippen LogP contribution in [0.4, 0.5) is 0 Å². The minimum Gasteiger partial charge on any atom is -0.488 e. The van der Waals surface area contributed by atoms with Crippen molar-refractivity contribution in [1.29, 1.82) is 0 Å². The molecule has 0 unspecified atom stereocenters. The van der Waals surface area contributed by atoms with E-state index >= 15 is 0 Å². The van der Waals surface area contributed by atoms with Crippen molar-refractivity contribution < 1.29 is 14.3 Å². The highest BCUT2D eigenvalue weighted by Gasteiger charge is 2.07. The van der Waals surface area contributed by atoms with Crippen molar-refractivity contribution in [2.24, 2.45) is 0 Å². The molecule has 0 saturated heterocycles. The van der Waals surface area contributed by atoms with E-state index in [4.69, 9.17) is 9.47 Å². The lowest BCUT2D eigenvalue weighted by molar-refractivity contribution is -0.129. The molecule has 0 N–H and O–H groups in total. The topological polar surface area (TPSA) is 35.5 Å². The van der Waals surface area contributed by atoms with Gasteiger partial charge in [-0.3, -0.25) is 0 Å². The summed E-state index contributed by atoms with van der Waals surface area (Å²) in [5, 5.41) is 1.88. The molecule has 3 nitrogen and oxygen atoms in total. The van der Waals surface area contributed by atoms with E-state index in [1.165, 1.54) is 13.2 Å². The predicted octanol–water partition coefficient (Wildman–Crippen LogP) is 5.09. The van der Waals surface area contributed by atoms with E-state index in [2.05, 4.69) is 27.8 Å². The number of hydrogen-bond donors (Lipinski definition) is 0. The van der Waals surface area contributed by atoms with E-state index in [9.17, 15) is 4.79 Å². The maximum Gasteiger partial charge on any atom is 0.340 e. The molecule has 26 heavy (non-hydrogen) atoms. The second kappa shape index (κ2) is 8.37. The smallest absolute Gasteiger partial charge is 0.340 e. The van der Waals surface area contributed by atoms with E-state index in [-0.39, 0.29) is 5.76 Å². The van der Waals surface area contributed by atoms with Crippen molar-refractivity contribution in [2.45, 2.75) is 0 Å². The van der Waals surface area contributed by atoms with Crippen LogP contribution in [0, 0.1) is 11.8 Å². The van der Waals surface area contributed by atoms with Crippen LogP contribution in [0.25, 0.3) is 10.8 Å². The van der Waals surface area contributed by atoms with Crippen LogP contribution in [0.15, 0.2) is 83.0 Å². The zero-order chi connectivity index (χ0) is 18.4. The number of allylic oxidation sites excluding steroid dienone is 1. The van der Waals surface area contributed by atoms with Gasteiger partial charge < -0.3 is 9.47 Å². The van der Waals surface area contributed by atoms with Gasteiger partial charge in [-0.1, -0.05) is 58.2 Å². The summed E-state index contributed by atoms with van der Waals surface area (Å²) in [6, 6.07) is 20.8. The monoisotopic (exact) mass is 406 g/mol. The number of carbonyl (C=O) groups excluding carboxylic acids is 1. The lowest BCUT2D eigenvalue weighted by Gasteiger charge is -2.06. The van der Waals surface area contributed by atoms with Crippen LogP contribution < -0.4 is 4.74 Å². The second-order valence-electron chi connectivity index (χ2n) is 5.37. The average Bonchev–Trinajstić information content (AvgIpc) is 2.66. The van der Waals surface area contributed by atoms with Crippen molar-refractivity contribution in [2.75, 3.05) is 7.11 Å². The largest absolute Gasteiger partial charge is 0.488 e. The Morgan fingerprint density at radius 1 is 1.00 bits per heavy atom. The normalized spacial score (nSPS) is 10.8. The first kappa shape index (κ1) is 17.8. The summed E-state index contributed by atoms with van der Waals surface area (Å²) in [7, 11) is 1.47. The zero-order valence-corrected chi connectivity index (χ0v) is 15.6. The van der Waals surface area contributed by atoms with Crippen LogP contribution in [0.1, 0.15) is 5.56 Å². The second-order valence-corrected chi connectivity index (χ2v) is 6.28. The highest BCUT2D eigenvalue weighted by Crippen LogP contribution is 2.25. The van der Waals surface area contributed by atoms with Crippen molar-refractivity contribution >= 4 is 32.7 Å². The van der Waals surface area contributed by atoms with Crippen LogP contribution in [-0.4, -0.2) is 13.1 Å². The molecule has 0 bridgehead atoms. The number of carbonyl (C=O) groups is 1. The molecule has 0 spiro atoms. The highest BCUT2D eigenvalue weighted by molar-refractivity contribution is 9.10. The molecule has 3 rings (SSSR count). The maximum absolute atomic E-state index is 12.2. The Labute approximate surface area is 160 Å². The summed E-state index contributed by atoms with van der Waals surface area (Å²) in [5.74, 6) is 5.98. The molecule has 0 heterocycles. The first-order valence-electron chi connectivity index (χ1n) is 7.88. The Hall–Kier alpha value is -3.03. The summed E-state index contributed by atoms with van der Waals surface area (Å²) in [4.78, 5) is 12.2. The minimum atomic E-state index is -0.539. The summed E-state index contributed by atoms with van der Waals surface area (Å²) in [6.45, 7) is 0. The van der Waals surface area contributed by atoms with Gasteiger partial charge in [0.25, 0.3) is 0 Å². The number of methoxy groups -OCH3 is 1. The van der Waals surface area contributed by atoms with Gasteiger partial charge >= 0.3 is 5.97 Å².